The molecule has 2 atom stereocenters. The molecule has 0 bridgehead atoms. The fraction of sp³-hybridized carbons (Fsp3) is 0.294. The topological polar surface area (TPSA) is 173 Å². The minimum atomic E-state index is -0.966. The summed E-state index contributed by atoms with van der Waals surface area (Å²) in [4.78, 5) is 83.4. The number of benzene rings is 4. The van der Waals surface area contributed by atoms with Crippen LogP contribution in [0.2, 0.25) is 20.1 Å². The predicted molar refractivity (Wildman–Crippen MR) is 265 cm³/mol. The second kappa shape index (κ2) is 24.1. The third-order valence-electron chi connectivity index (χ3n) is 11.5. The standard InChI is InChI=1S/C51H49Cl4N5O9/c1-31-10-15-44(48(63)57-31)60-49(64)37-8-5-9-42(46(37)51(60)66)56-17-19-68-21-23-69-22-20-67-18-16-45(61)58-43(28-32-6-3-2-4-7-32)50(65)59-29-35(24-33-11-13-38(52)40(54)26-33)47(62)36(30-59)25-34-12-14-39(53)41(55)27-34/h2-9,11-14,24-27,43-44,56H,1,10,15-23,28-30H2,(H,57,63)(H,58,61)/b35-24+,36-25+/t43-,44?/m1/s1. The van der Waals surface area contributed by atoms with E-state index in [1.165, 1.54) is 0 Å². The van der Waals surface area contributed by atoms with Crippen molar-refractivity contribution in [3.8, 4) is 0 Å². The fourth-order valence-corrected chi connectivity index (χ4v) is 8.66. The van der Waals surface area contributed by atoms with E-state index in [9.17, 15) is 28.8 Å². The molecule has 2 fully saturated rings. The number of Topliss-reactive ketones (excluding diaryl/α,β-unsaturated/α-hetero) is 1. The van der Waals surface area contributed by atoms with E-state index in [1.54, 1.807) is 71.6 Å². The molecule has 3 aliphatic heterocycles. The molecule has 5 amide bonds. The first kappa shape index (κ1) is 51.0. The summed E-state index contributed by atoms with van der Waals surface area (Å²) in [5.74, 6) is -2.49. The van der Waals surface area contributed by atoms with Crippen molar-refractivity contribution in [3.05, 3.63) is 156 Å². The van der Waals surface area contributed by atoms with Crippen LogP contribution >= 0.6 is 46.4 Å². The van der Waals surface area contributed by atoms with Gasteiger partial charge in [-0.1, -0.05) is 102 Å². The molecule has 3 N–H and O–H groups in total. The lowest BCUT2D eigenvalue weighted by Crippen LogP contribution is -2.52. The van der Waals surface area contributed by atoms with Crippen molar-refractivity contribution in [1.29, 1.82) is 0 Å². The maximum absolute atomic E-state index is 14.5. The van der Waals surface area contributed by atoms with E-state index in [2.05, 4.69) is 22.5 Å². The quantitative estimate of drug-likeness (QED) is 0.0450. The van der Waals surface area contributed by atoms with Crippen LogP contribution in [0.1, 0.15) is 56.7 Å². The summed E-state index contributed by atoms with van der Waals surface area (Å²) in [7, 11) is 0. The Bertz CT molecular complexity index is 2620. The first-order valence-corrected chi connectivity index (χ1v) is 23.7. The molecule has 0 aliphatic carbocycles. The summed E-state index contributed by atoms with van der Waals surface area (Å²) in [6.07, 6.45) is 4.32. The van der Waals surface area contributed by atoms with E-state index in [1.807, 2.05) is 30.3 Å². The zero-order chi connectivity index (χ0) is 49.0. The molecule has 2 saturated heterocycles. The number of ether oxygens (including phenoxy) is 3. The molecular weight excluding hydrogens is 968 g/mol. The first-order valence-electron chi connectivity index (χ1n) is 22.2. The lowest BCUT2D eigenvalue weighted by Gasteiger charge is -2.33. The molecule has 14 nitrogen and oxygen atoms in total. The molecule has 4 aromatic rings. The van der Waals surface area contributed by atoms with Crippen molar-refractivity contribution in [2.24, 2.45) is 0 Å². The number of nitrogens with zero attached hydrogens (tertiary/aromatic N) is 2. The maximum Gasteiger partial charge on any atom is 0.264 e. The number of fused-ring (bicyclic) bond motifs is 1. The number of likely N-dealkylation sites (tertiary alicyclic amines) is 1. The van der Waals surface area contributed by atoms with Gasteiger partial charge in [0.05, 0.1) is 70.9 Å². The van der Waals surface area contributed by atoms with Gasteiger partial charge in [-0.25, -0.2) is 0 Å². The Kier molecular flexibility index (Phi) is 17.8. The van der Waals surface area contributed by atoms with Gasteiger partial charge in [-0.05, 0) is 78.1 Å². The molecule has 18 heteroatoms. The maximum atomic E-state index is 14.5. The molecule has 69 heavy (non-hydrogen) atoms. The average Bonchev–Trinajstić information content (AvgIpc) is 3.58. The van der Waals surface area contributed by atoms with E-state index >= 15 is 0 Å². The van der Waals surface area contributed by atoms with Crippen molar-refractivity contribution in [2.75, 3.05) is 64.6 Å². The minimum Gasteiger partial charge on any atom is -0.382 e. The van der Waals surface area contributed by atoms with Gasteiger partial charge in [0.15, 0.2) is 5.78 Å². The van der Waals surface area contributed by atoms with E-state index in [0.29, 0.717) is 73.1 Å². The minimum absolute atomic E-state index is 0.0212. The van der Waals surface area contributed by atoms with Gasteiger partial charge in [-0.15, -0.1) is 0 Å². The van der Waals surface area contributed by atoms with Crippen LogP contribution in [0, 0.1) is 0 Å². The Hall–Kier alpha value is -5.84. The summed E-state index contributed by atoms with van der Waals surface area (Å²) >= 11 is 24.9. The van der Waals surface area contributed by atoms with Crippen molar-refractivity contribution in [2.45, 2.75) is 37.8 Å². The van der Waals surface area contributed by atoms with Gasteiger partial charge in [-0.2, -0.15) is 0 Å². The summed E-state index contributed by atoms with van der Waals surface area (Å²) in [6, 6.07) is 22.4. The average molecular weight is 1020 g/mol. The number of hydrogen-bond acceptors (Lipinski definition) is 10. The van der Waals surface area contributed by atoms with Gasteiger partial charge >= 0.3 is 0 Å². The number of halogens is 4. The number of carbonyl (C=O) groups excluding carboxylic acids is 6. The normalized spacial score (nSPS) is 17.6. The number of hydrogen-bond donors (Lipinski definition) is 3. The first-order chi connectivity index (χ1) is 33.3. The molecule has 3 heterocycles. The third kappa shape index (κ3) is 13.3. The lowest BCUT2D eigenvalue weighted by atomic mass is 9.93. The van der Waals surface area contributed by atoms with Crippen molar-refractivity contribution >= 4 is 99.6 Å². The van der Waals surface area contributed by atoms with Crippen molar-refractivity contribution < 1.29 is 43.0 Å². The molecule has 7 rings (SSSR count). The van der Waals surface area contributed by atoms with E-state index < -0.39 is 35.7 Å². The van der Waals surface area contributed by atoms with Crippen LogP contribution in [0.5, 0.6) is 0 Å². The molecule has 4 aromatic carbocycles. The number of amides is 5. The number of anilines is 1. The van der Waals surface area contributed by atoms with Crippen molar-refractivity contribution in [1.82, 2.24) is 20.4 Å². The molecule has 3 aliphatic rings. The predicted octanol–water partition coefficient (Wildman–Crippen LogP) is 7.85. The highest BCUT2D eigenvalue weighted by molar-refractivity contribution is 6.42. The molecule has 0 aromatic heterocycles. The Balaban J connectivity index is 0.865. The highest BCUT2D eigenvalue weighted by Gasteiger charge is 2.45. The number of carbonyl (C=O) groups is 6. The number of allylic oxidation sites excluding steroid dienone is 1. The van der Waals surface area contributed by atoms with E-state index in [4.69, 9.17) is 60.6 Å². The SMILES string of the molecule is C=C1CCC(N2C(=O)c3cccc(NCCOCCOCCOCCC(=O)N[C@H](Cc4ccccc4)C(=O)N4C/C(=C\c5ccc(Cl)c(Cl)c5)C(=O)/C(=C/c5ccc(Cl)c(Cl)c5)C4)c3C2=O)C(=O)N1. The summed E-state index contributed by atoms with van der Waals surface area (Å²) < 4.78 is 17.0. The van der Waals surface area contributed by atoms with Crippen LogP contribution in [0.4, 0.5) is 5.69 Å². The van der Waals surface area contributed by atoms with Gasteiger partial charge in [-0.3, -0.25) is 33.7 Å². The molecule has 0 saturated carbocycles. The Morgan fingerprint density at radius 2 is 1.35 bits per heavy atom. The Morgan fingerprint density at radius 1 is 0.739 bits per heavy atom. The molecule has 360 valence electrons. The fourth-order valence-electron chi connectivity index (χ4n) is 8.05. The summed E-state index contributed by atoms with van der Waals surface area (Å²) in [6.45, 7) is 5.45. The summed E-state index contributed by atoms with van der Waals surface area (Å²) in [5.41, 5.74) is 4.24. The largest absolute Gasteiger partial charge is 0.382 e. The monoisotopic (exact) mass is 1020 g/mol. The lowest BCUT2D eigenvalue weighted by molar-refractivity contribution is -0.136. The van der Waals surface area contributed by atoms with Crippen LogP contribution in [0.15, 0.2) is 108 Å². The van der Waals surface area contributed by atoms with E-state index in [-0.39, 0.29) is 88.4 Å². The Labute approximate surface area is 419 Å². The highest BCUT2D eigenvalue weighted by Crippen LogP contribution is 2.33. The van der Waals surface area contributed by atoms with Crippen LogP contribution in [-0.4, -0.2) is 116 Å². The second-order valence-electron chi connectivity index (χ2n) is 16.4. The number of piperidine rings is 2. The molecular formula is C51H49Cl4N5O9. The van der Waals surface area contributed by atoms with Crippen molar-refractivity contribution in [3.63, 3.8) is 0 Å². The zero-order valence-electron chi connectivity index (χ0n) is 37.4. The van der Waals surface area contributed by atoms with Gasteiger partial charge in [0.2, 0.25) is 17.7 Å². The smallest absolute Gasteiger partial charge is 0.264 e. The highest BCUT2D eigenvalue weighted by atomic mass is 35.5. The van der Waals surface area contributed by atoms with Crippen LogP contribution in [0.3, 0.4) is 0 Å². The number of rotatable bonds is 20. The number of imide groups is 1. The summed E-state index contributed by atoms with van der Waals surface area (Å²) in [5, 5.41) is 10.0. The van der Waals surface area contributed by atoms with Crippen LogP contribution in [-0.2, 0) is 39.8 Å². The third-order valence-corrected chi connectivity index (χ3v) is 12.9. The van der Waals surface area contributed by atoms with Crippen LogP contribution in [0.25, 0.3) is 12.2 Å². The van der Waals surface area contributed by atoms with Gasteiger partial charge in [0.25, 0.3) is 11.8 Å². The van der Waals surface area contributed by atoms with Gasteiger partial charge < -0.3 is 35.1 Å². The van der Waals surface area contributed by atoms with Gasteiger partial charge in [0.1, 0.15) is 12.1 Å². The van der Waals surface area contributed by atoms with Crippen LogP contribution < -0.4 is 16.0 Å². The Morgan fingerprint density at radius 3 is 1.96 bits per heavy atom. The van der Waals surface area contributed by atoms with E-state index in [0.717, 1.165) is 10.5 Å². The second-order valence-corrected chi connectivity index (χ2v) is 18.0. The van der Waals surface area contributed by atoms with Gasteiger partial charge in [0, 0.05) is 55.0 Å². The molecule has 0 radical (unpaired) electrons. The molecule has 0 spiro atoms. The number of ketones is 1. The number of nitrogens with one attached hydrogen (secondary N) is 3. The molecule has 1 unspecified atom stereocenters. The zero-order valence-corrected chi connectivity index (χ0v) is 40.4.